The molecule has 4 heteroatoms. The van der Waals surface area contributed by atoms with Crippen LogP contribution in [0.3, 0.4) is 0 Å². The molecular weight excluding hydrogens is 383 g/mol. The Bertz CT molecular complexity index is 1100. The van der Waals surface area contributed by atoms with Gasteiger partial charge in [0.05, 0.1) is 0 Å². The van der Waals surface area contributed by atoms with E-state index in [1.165, 1.54) is 27.8 Å². The zero-order chi connectivity index (χ0) is 19.0. The molecule has 1 aliphatic rings. The van der Waals surface area contributed by atoms with E-state index >= 15 is 0 Å². The minimum absolute atomic E-state index is 0. The van der Waals surface area contributed by atoms with E-state index in [0.29, 0.717) is 6.42 Å². The first-order chi connectivity index (χ1) is 13.8. The highest BCUT2D eigenvalue weighted by atomic mass is 35.5. The largest absolute Gasteiger partial charge is 0.265 e. The van der Waals surface area contributed by atoms with Gasteiger partial charge in [-0.05, 0) is 70.5 Å². The van der Waals surface area contributed by atoms with E-state index in [2.05, 4.69) is 70.6 Å². The third kappa shape index (κ3) is 3.32. The SMILES string of the molecule is Cl.Fc1cc(CC2(Cc3ccncc3)c3ccccc3-c3ccccc32)ccn1. The number of hydrogen-bond acceptors (Lipinski definition) is 2. The Hall–Kier alpha value is -3.04. The van der Waals surface area contributed by atoms with Crippen LogP contribution in [0, 0.1) is 5.95 Å². The van der Waals surface area contributed by atoms with Crippen LogP contribution in [0.5, 0.6) is 0 Å². The Labute approximate surface area is 175 Å². The van der Waals surface area contributed by atoms with E-state index in [1.54, 1.807) is 12.3 Å². The van der Waals surface area contributed by atoms with Gasteiger partial charge >= 0.3 is 0 Å². The van der Waals surface area contributed by atoms with E-state index in [9.17, 15) is 4.39 Å². The van der Waals surface area contributed by atoms with E-state index in [4.69, 9.17) is 0 Å². The normalized spacial score (nSPS) is 13.3. The molecule has 0 aliphatic heterocycles. The molecule has 2 nitrogen and oxygen atoms in total. The predicted molar refractivity (Wildman–Crippen MR) is 116 cm³/mol. The van der Waals surface area contributed by atoms with Crippen molar-refractivity contribution in [3.8, 4) is 11.1 Å². The van der Waals surface area contributed by atoms with Gasteiger partial charge in [0.1, 0.15) is 0 Å². The molecule has 0 spiro atoms. The van der Waals surface area contributed by atoms with Gasteiger partial charge in [0.25, 0.3) is 0 Å². The third-order valence-electron chi connectivity index (χ3n) is 5.73. The van der Waals surface area contributed by atoms with Crippen molar-refractivity contribution in [3.05, 3.63) is 120 Å². The fourth-order valence-electron chi connectivity index (χ4n) is 4.61. The molecule has 0 amide bonds. The zero-order valence-electron chi connectivity index (χ0n) is 15.8. The fraction of sp³-hybridized carbons (Fsp3) is 0.120. The van der Waals surface area contributed by atoms with Crippen LogP contribution in [-0.2, 0) is 18.3 Å². The molecule has 0 bridgehead atoms. The lowest BCUT2D eigenvalue weighted by molar-refractivity contribution is 0.514. The second kappa shape index (κ2) is 7.76. The van der Waals surface area contributed by atoms with Crippen molar-refractivity contribution in [1.82, 2.24) is 9.97 Å². The Balaban J connectivity index is 0.00000205. The first kappa shape index (κ1) is 19.3. The van der Waals surface area contributed by atoms with Gasteiger partial charge in [-0.2, -0.15) is 4.39 Å². The summed E-state index contributed by atoms with van der Waals surface area (Å²) in [5.74, 6) is -0.434. The van der Waals surface area contributed by atoms with Crippen molar-refractivity contribution in [2.24, 2.45) is 0 Å². The number of pyridine rings is 2. The second-order valence-electron chi connectivity index (χ2n) is 7.37. The van der Waals surface area contributed by atoms with Gasteiger partial charge in [0, 0.05) is 24.0 Å². The minimum atomic E-state index is -0.434. The molecule has 1 aliphatic carbocycles. The van der Waals surface area contributed by atoms with Crippen LogP contribution in [0.15, 0.2) is 91.4 Å². The maximum atomic E-state index is 13.9. The molecular formula is C25H20ClFN2. The maximum Gasteiger partial charge on any atom is 0.213 e. The van der Waals surface area contributed by atoms with Gasteiger partial charge in [-0.15, -0.1) is 12.4 Å². The second-order valence-corrected chi connectivity index (χ2v) is 7.37. The number of nitrogens with zero attached hydrogens (tertiary/aromatic N) is 2. The topological polar surface area (TPSA) is 25.8 Å². The summed E-state index contributed by atoms with van der Waals surface area (Å²) in [6, 6.07) is 24.8. The number of benzene rings is 2. The van der Waals surface area contributed by atoms with Crippen molar-refractivity contribution in [2.75, 3.05) is 0 Å². The summed E-state index contributed by atoms with van der Waals surface area (Å²) in [6.45, 7) is 0. The quantitative estimate of drug-likeness (QED) is 0.404. The molecule has 0 atom stereocenters. The first-order valence-electron chi connectivity index (χ1n) is 9.45. The van der Waals surface area contributed by atoms with E-state index in [0.717, 1.165) is 12.0 Å². The van der Waals surface area contributed by atoms with Gasteiger partial charge in [0.15, 0.2) is 0 Å². The maximum absolute atomic E-state index is 13.9. The molecule has 4 aromatic rings. The summed E-state index contributed by atoms with van der Waals surface area (Å²) in [5, 5.41) is 0. The summed E-state index contributed by atoms with van der Waals surface area (Å²) in [5.41, 5.74) is 7.03. The first-order valence-corrected chi connectivity index (χ1v) is 9.45. The summed E-state index contributed by atoms with van der Waals surface area (Å²) < 4.78 is 13.9. The van der Waals surface area contributed by atoms with Crippen molar-refractivity contribution in [1.29, 1.82) is 0 Å². The summed E-state index contributed by atoms with van der Waals surface area (Å²) >= 11 is 0. The molecule has 0 saturated heterocycles. The van der Waals surface area contributed by atoms with Crippen molar-refractivity contribution < 1.29 is 4.39 Å². The fourth-order valence-corrected chi connectivity index (χ4v) is 4.61. The van der Waals surface area contributed by atoms with Crippen LogP contribution in [0.1, 0.15) is 22.3 Å². The number of fused-ring (bicyclic) bond motifs is 3. The van der Waals surface area contributed by atoms with Crippen LogP contribution < -0.4 is 0 Å². The van der Waals surface area contributed by atoms with Gasteiger partial charge in [0.2, 0.25) is 5.95 Å². The smallest absolute Gasteiger partial charge is 0.213 e. The lowest BCUT2D eigenvalue weighted by Gasteiger charge is -2.33. The Kier molecular flexibility index (Phi) is 5.16. The summed E-state index contributed by atoms with van der Waals surface area (Å²) in [6.07, 6.45) is 6.76. The molecule has 0 fully saturated rings. The van der Waals surface area contributed by atoms with E-state index < -0.39 is 5.95 Å². The number of aromatic nitrogens is 2. The van der Waals surface area contributed by atoms with Gasteiger partial charge in [-0.1, -0.05) is 48.5 Å². The van der Waals surface area contributed by atoms with Crippen molar-refractivity contribution >= 4 is 12.4 Å². The zero-order valence-corrected chi connectivity index (χ0v) is 16.6. The molecule has 2 aromatic carbocycles. The number of halogens is 2. The Morgan fingerprint density at radius 2 is 1.24 bits per heavy atom. The molecule has 0 unspecified atom stereocenters. The highest BCUT2D eigenvalue weighted by Crippen LogP contribution is 2.52. The van der Waals surface area contributed by atoms with Crippen LogP contribution in [-0.4, -0.2) is 9.97 Å². The molecule has 2 aromatic heterocycles. The molecule has 0 radical (unpaired) electrons. The molecule has 0 saturated carbocycles. The lowest BCUT2D eigenvalue weighted by Crippen LogP contribution is -2.31. The molecule has 5 rings (SSSR count). The van der Waals surface area contributed by atoms with Crippen molar-refractivity contribution in [3.63, 3.8) is 0 Å². The van der Waals surface area contributed by atoms with Crippen LogP contribution in [0.4, 0.5) is 4.39 Å². The standard InChI is InChI=1S/C25H19FN2.ClH/c26-24-15-19(11-14-28-24)17-25(16-18-9-12-27-13-10-18)22-7-3-1-5-20(22)21-6-2-4-8-23(21)25;/h1-15H,16-17H2;1H. The lowest BCUT2D eigenvalue weighted by atomic mass is 9.70. The minimum Gasteiger partial charge on any atom is -0.265 e. The Morgan fingerprint density at radius 3 is 1.86 bits per heavy atom. The molecule has 144 valence electrons. The van der Waals surface area contributed by atoms with Gasteiger partial charge in [-0.3, -0.25) is 4.98 Å². The molecule has 2 heterocycles. The number of hydrogen-bond donors (Lipinski definition) is 0. The monoisotopic (exact) mass is 402 g/mol. The van der Waals surface area contributed by atoms with Crippen molar-refractivity contribution in [2.45, 2.75) is 18.3 Å². The predicted octanol–water partition coefficient (Wildman–Crippen LogP) is 5.79. The van der Waals surface area contributed by atoms with Gasteiger partial charge in [-0.25, -0.2) is 4.98 Å². The Morgan fingerprint density at radius 1 is 0.690 bits per heavy atom. The van der Waals surface area contributed by atoms with Crippen LogP contribution >= 0.6 is 12.4 Å². The molecule has 29 heavy (non-hydrogen) atoms. The summed E-state index contributed by atoms with van der Waals surface area (Å²) in [4.78, 5) is 7.90. The highest BCUT2D eigenvalue weighted by molar-refractivity contribution is 5.85. The average molecular weight is 403 g/mol. The number of rotatable bonds is 4. The van der Waals surface area contributed by atoms with Gasteiger partial charge < -0.3 is 0 Å². The van der Waals surface area contributed by atoms with E-state index in [1.807, 2.05) is 18.5 Å². The van der Waals surface area contributed by atoms with Crippen LogP contribution in [0.25, 0.3) is 11.1 Å². The average Bonchev–Trinajstić information content (AvgIpc) is 2.99. The van der Waals surface area contributed by atoms with E-state index in [-0.39, 0.29) is 17.8 Å². The summed E-state index contributed by atoms with van der Waals surface area (Å²) in [7, 11) is 0. The highest BCUT2D eigenvalue weighted by Gasteiger charge is 2.43. The van der Waals surface area contributed by atoms with Crippen LogP contribution in [0.2, 0.25) is 0 Å². The third-order valence-corrected chi connectivity index (χ3v) is 5.73. The molecule has 0 N–H and O–H groups in total.